The molecule has 0 aliphatic heterocycles. The number of nitro groups is 1. The van der Waals surface area contributed by atoms with Crippen LogP contribution in [0.25, 0.3) is 11.0 Å². The van der Waals surface area contributed by atoms with Gasteiger partial charge in [-0.2, -0.15) is 0 Å². The highest BCUT2D eigenvalue weighted by atomic mass is 16.6. The van der Waals surface area contributed by atoms with Crippen LogP contribution in [0.4, 0.5) is 5.69 Å². The van der Waals surface area contributed by atoms with Crippen LogP contribution in [-0.2, 0) is 13.0 Å². The maximum Gasteiger partial charge on any atom is 0.269 e. The van der Waals surface area contributed by atoms with Gasteiger partial charge in [-0.1, -0.05) is 12.1 Å². The summed E-state index contributed by atoms with van der Waals surface area (Å²) in [5.41, 5.74) is 2.42. The largest absolute Gasteiger partial charge is 0.352 e. The number of fused-ring (bicyclic) bond motifs is 1. The molecule has 1 N–H and O–H groups in total. The van der Waals surface area contributed by atoms with Gasteiger partial charge in [0.1, 0.15) is 5.82 Å². The molecule has 3 rings (SSSR count). The predicted molar refractivity (Wildman–Crippen MR) is 112 cm³/mol. The number of imidazole rings is 1. The summed E-state index contributed by atoms with van der Waals surface area (Å²) in [6.07, 6.45) is 1.62. The number of rotatable bonds is 9. The maximum atomic E-state index is 12.3. The second kappa shape index (κ2) is 9.29. The first-order valence-corrected chi connectivity index (χ1v) is 9.57. The number of carbonyl (C=O) groups is 1. The second-order valence-corrected chi connectivity index (χ2v) is 7.14. The van der Waals surface area contributed by atoms with E-state index in [1.165, 1.54) is 24.3 Å². The summed E-state index contributed by atoms with van der Waals surface area (Å²) in [7, 11) is 4.11. The van der Waals surface area contributed by atoms with E-state index in [1.807, 2.05) is 18.2 Å². The number of carbonyl (C=O) groups excluding carboxylic acids is 1. The summed E-state index contributed by atoms with van der Waals surface area (Å²) in [6.45, 7) is 2.29. The van der Waals surface area contributed by atoms with Crippen LogP contribution >= 0.6 is 0 Å². The first-order valence-electron chi connectivity index (χ1n) is 9.57. The minimum absolute atomic E-state index is 0.0343. The van der Waals surface area contributed by atoms with Crippen LogP contribution in [0.1, 0.15) is 22.6 Å². The number of aryl methyl sites for hydroxylation is 1. The normalized spacial score (nSPS) is 11.1. The molecule has 0 aliphatic rings. The SMILES string of the molecule is CN(C)CCCn1c(CCNC(=O)c2ccc([N+](=O)[O-])cc2)nc2ccccc21. The van der Waals surface area contributed by atoms with Crippen LogP contribution in [0.5, 0.6) is 0 Å². The van der Waals surface area contributed by atoms with Gasteiger partial charge in [-0.05, 0) is 51.3 Å². The predicted octanol–water partition coefficient (Wildman–Crippen LogP) is 2.87. The van der Waals surface area contributed by atoms with Gasteiger partial charge < -0.3 is 14.8 Å². The van der Waals surface area contributed by atoms with Gasteiger partial charge in [0.25, 0.3) is 11.6 Å². The quantitative estimate of drug-likeness (QED) is 0.444. The van der Waals surface area contributed by atoms with Gasteiger partial charge in [0.05, 0.1) is 16.0 Å². The number of hydrogen-bond acceptors (Lipinski definition) is 5. The summed E-state index contributed by atoms with van der Waals surface area (Å²) in [4.78, 5) is 29.4. The van der Waals surface area contributed by atoms with E-state index in [9.17, 15) is 14.9 Å². The maximum absolute atomic E-state index is 12.3. The molecule has 0 atom stereocenters. The van der Waals surface area contributed by atoms with Crippen LogP contribution in [0, 0.1) is 10.1 Å². The van der Waals surface area contributed by atoms with Crippen molar-refractivity contribution < 1.29 is 9.72 Å². The number of aromatic nitrogens is 2. The first-order chi connectivity index (χ1) is 14.0. The van der Waals surface area contributed by atoms with Gasteiger partial charge in [0, 0.05) is 37.2 Å². The highest BCUT2D eigenvalue weighted by molar-refractivity contribution is 5.94. The van der Waals surface area contributed by atoms with Crippen molar-refractivity contribution in [1.82, 2.24) is 19.8 Å². The van der Waals surface area contributed by atoms with E-state index in [1.54, 1.807) is 0 Å². The van der Waals surface area contributed by atoms with E-state index < -0.39 is 4.92 Å². The number of non-ortho nitro benzene ring substituents is 1. The molecule has 1 amide bonds. The zero-order valence-electron chi connectivity index (χ0n) is 16.7. The molecule has 0 bridgehead atoms. The zero-order chi connectivity index (χ0) is 20.8. The van der Waals surface area contributed by atoms with Crippen LogP contribution < -0.4 is 5.32 Å². The molecule has 0 aliphatic carbocycles. The Hall–Kier alpha value is -3.26. The highest BCUT2D eigenvalue weighted by Gasteiger charge is 2.12. The fraction of sp³-hybridized carbons (Fsp3) is 0.333. The van der Waals surface area contributed by atoms with Crippen molar-refractivity contribution in [3.8, 4) is 0 Å². The molecule has 8 nitrogen and oxygen atoms in total. The van der Waals surface area contributed by atoms with Crippen molar-refractivity contribution in [3.05, 3.63) is 70.0 Å². The average Bonchev–Trinajstić information content (AvgIpc) is 3.05. The summed E-state index contributed by atoms with van der Waals surface area (Å²) in [5.74, 6) is 0.684. The molecule has 3 aromatic rings. The summed E-state index contributed by atoms with van der Waals surface area (Å²) >= 11 is 0. The molecule has 8 heteroatoms. The standard InChI is InChI=1S/C21H25N5O3/c1-24(2)14-5-15-25-19-7-4-3-6-18(19)23-20(25)12-13-22-21(27)16-8-10-17(11-9-16)26(28)29/h3-4,6-11H,5,12-15H2,1-2H3,(H,22,27). The van der Waals surface area contributed by atoms with E-state index in [0.717, 1.165) is 36.4 Å². The Bertz CT molecular complexity index is 995. The monoisotopic (exact) mass is 395 g/mol. The first kappa shape index (κ1) is 20.5. The van der Waals surface area contributed by atoms with Crippen LogP contribution in [-0.4, -0.2) is 52.5 Å². The van der Waals surface area contributed by atoms with Crippen LogP contribution in [0.15, 0.2) is 48.5 Å². The fourth-order valence-electron chi connectivity index (χ4n) is 3.24. The fourth-order valence-corrected chi connectivity index (χ4v) is 3.24. The Morgan fingerprint density at radius 2 is 1.90 bits per heavy atom. The molecule has 1 aromatic heterocycles. The molecular weight excluding hydrogens is 370 g/mol. The second-order valence-electron chi connectivity index (χ2n) is 7.14. The molecule has 0 spiro atoms. The van der Waals surface area contributed by atoms with E-state index in [0.29, 0.717) is 18.5 Å². The number of para-hydroxylation sites is 2. The molecule has 0 radical (unpaired) electrons. The summed E-state index contributed by atoms with van der Waals surface area (Å²) in [6, 6.07) is 13.6. The van der Waals surface area contributed by atoms with Crippen molar-refractivity contribution in [2.45, 2.75) is 19.4 Å². The number of nitrogens with zero attached hydrogens (tertiary/aromatic N) is 4. The van der Waals surface area contributed by atoms with E-state index >= 15 is 0 Å². The highest BCUT2D eigenvalue weighted by Crippen LogP contribution is 2.17. The minimum atomic E-state index is -0.484. The average molecular weight is 395 g/mol. The number of nitro benzene ring substituents is 1. The van der Waals surface area contributed by atoms with Gasteiger partial charge in [-0.3, -0.25) is 14.9 Å². The minimum Gasteiger partial charge on any atom is -0.352 e. The lowest BCUT2D eigenvalue weighted by Gasteiger charge is -2.13. The Labute approximate surface area is 169 Å². The smallest absolute Gasteiger partial charge is 0.269 e. The molecule has 0 fully saturated rings. The third-order valence-corrected chi connectivity index (χ3v) is 4.70. The molecule has 0 saturated heterocycles. The van der Waals surface area contributed by atoms with Crippen molar-refractivity contribution in [1.29, 1.82) is 0 Å². The molecule has 0 unspecified atom stereocenters. The van der Waals surface area contributed by atoms with Crippen molar-refractivity contribution in [2.75, 3.05) is 27.2 Å². The number of hydrogen-bond donors (Lipinski definition) is 1. The Balaban J connectivity index is 1.65. The van der Waals surface area contributed by atoms with Crippen molar-refractivity contribution >= 4 is 22.6 Å². The zero-order valence-corrected chi connectivity index (χ0v) is 16.7. The molecule has 1 heterocycles. The molecule has 0 saturated carbocycles. The van der Waals surface area contributed by atoms with E-state index in [2.05, 4.69) is 34.9 Å². The summed E-state index contributed by atoms with van der Waals surface area (Å²) in [5, 5.41) is 13.6. The lowest BCUT2D eigenvalue weighted by atomic mass is 10.2. The lowest BCUT2D eigenvalue weighted by Crippen LogP contribution is -2.26. The van der Waals surface area contributed by atoms with Gasteiger partial charge >= 0.3 is 0 Å². The van der Waals surface area contributed by atoms with Gasteiger partial charge in [0.15, 0.2) is 0 Å². The van der Waals surface area contributed by atoms with Crippen molar-refractivity contribution in [3.63, 3.8) is 0 Å². The number of benzene rings is 2. The molecule has 29 heavy (non-hydrogen) atoms. The van der Waals surface area contributed by atoms with Gasteiger partial charge in [0.2, 0.25) is 0 Å². The topological polar surface area (TPSA) is 93.3 Å². The molecule has 152 valence electrons. The Kier molecular flexibility index (Phi) is 6.56. The summed E-state index contributed by atoms with van der Waals surface area (Å²) < 4.78 is 2.22. The van der Waals surface area contributed by atoms with Gasteiger partial charge in [-0.15, -0.1) is 0 Å². The van der Waals surface area contributed by atoms with Crippen LogP contribution in [0.3, 0.4) is 0 Å². The molecular formula is C21H25N5O3. The third-order valence-electron chi connectivity index (χ3n) is 4.70. The number of amides is 1. The molecule has 2 aromatic carbocycles. The third kappa shape index (κ3) is 5.17. The van der Waals surface area contributed by atoms with Crippen LogP contribution in [0.2, 0.25) is 0 Å². The van der Waals surface area contributed by atoms with Gasteiger partial charge in [-0.25, -0.2) is 4.98 Å². The van der Waals surface area contributed by atoms with Crippen molar-refractivity contribution in [2.24, 2.45) is 0 Å². The van der Waals surface area contributed by atoms with E-state index in [-0.39, 0.29) is 11.6 Å². The Morgan fingerprint density at radius 1 is 1.17 bits per heavy atom. The van der Waals surface area contributed by atoms with E-state index in [4.69, 9.17) is 4.98 Å². The Morgan fingerprint density at radius 3 is 2.59 bits per heavy atom. The lowest BCUT2D eigenvalue weighted by molar-refractivity contribution is -0.384. The number of nitrogens with one attached hydrogen (secondary N) is 1.